The second kappa shape index (κ2) is 3.78. The summed E-state index contributed by atoms with van der Waals surface area (Å²) < 4.78 is 1.41. The fraction of sp³-hybridized carbons (Fsp3) is 0.333. The van der Waals surface area contributed by atoms with Gasteiger partial charge in [-0.25, -0.2) is 15.0 Å². The first kappa shape index (κ1) is 11.6. The zero-order chi connectivity index (χ0) is 13.6. The first-order valence-corrected chi connectivity index (χ1v) is 5.94. The maximum Gasteiger partial charge on any atom is 0.272 e. The van der Waals surface area contributed by atoms with E-state index in [1.165, 1.54) is 17.3 Å². The molecule has 0 saturated heterocycles. The van der Waals surface area contributed by atoms with E-state index in [0.717, 1.165) is 5.69 Å². The molecular weight excluding hydrogens is 244 g/mol. The Morgan fingerprint density at radius 1 is 1.21 bits per heavy atom. The molecule has 0 amide bonds. The molecule has 0 aliphatic rings. The summed E-state index contributed by atoms with van der Waals surface area (Å²) in [4.78, 5) is 27.3. The minimum Gasteiger partial charge on any atom is -0.340 e. The summed E-state index contributed by atoms with van der Waals surface area (Å²) in [6.07, 6.45) is 2.92. The highest BCUT2D eigenvalue weighted by molar-refractivity contribution is 5.77. The molecule has 2 N–H and O–H groups in total. The third-order valence-corrected chi connectivity index (χ3v) is 2.94. The third-order valence-electron chi connectivity index (χ3n) is 2.94. The molecule has 0 radical (unpaired) electrons. The first-order valence-electron chi connectivity index (χ1n) is 5.94. The van der Waals surface area contributed by atoms with Crippen LogP contribution in [0.5, 0.6) is 0 Å². The standard InChI is InChI=1S/C12H14N6O/c1-12(2,3)7-4-8(19)18(17-7)11-9-10(14-5-13-9)15-6-16-11/h4-6,17H,1-3H3,(H,13,14,15,16). The predicted octanol–water partition coefficient (Wildman–Crippen LogP) is 1.13. The van der Waals surface area contributed by atoms with Crippen LogP contribution < -0.4 is 5.56 Å². The molecule has 0 unspecified atom stereocenters. The Bertz CT molecular complexity index is 788. The zero-order valence-corrected chi connectivity index (χ0v) is 10.9. The summed E-state index contributed by atoms with van der Waals surface area (Å²) in [5.74, 6) is 0.475. The van der Waals surface area contributed by atoms with Crippen molar-refractivity contribution >= 4 is 11.2 Å². The molecule has 98 valence electrons. The van der Waals surface area contributed by atoms with Gasteiger partial charge in [0, 0.05) is 17.2 Å². The largest absolute Gasteiger partial charge is 0.340 e. The first-order chi connectivity index (χ1) is 8.97. The van der Waals surface area contributed by atoms with Crippen LogP contribution in [0, 0.1) is 0 Å². The molecule has 0 atom stereocenters. The molecule has 3 aromatic heterocycles. The van der Waals surface area contributed by atoms with Gasteiger partial charge in [0.15, 0.2) is 11.5 Å². The lowest BCUT2D eigenvalue weighted by Crippen LogP contribution is -2.16. The van der Waals surface area contributed by atoms with Crippen LogP contribution >= 0.6 is 0 Å². The van der Waals surface area contributed by atoms with Crippen molar-refractivity contribution in [3.05, 3.63) is 34.8 Å². The van der Waals surface area contributed by atoms with Crippen molar-refractivity contribution in [2.24, 2.45) is 0 Å². The van der Waals surface area contributed by atoms with Crippen molar-refractivity contribution in [1.82, 2.24) is 29.7 Å². The van der Waals surface area contributed by atoms with Gasteiger partial charge in [0.25, 0.3) is 5.56 Å². The molecule has 3 heterocycles. The van der Waals surface area contributed by atoms with Crippen molar-refractivity contribution in [1.29, 1.82) is 0 Å². The number of fused-ring (bicyclic) bond motifs is 1. The van der Waals surface area contributed by atoms with Crippen molar-refractivity contribution in [2.45, 2.75) is 26.2 Å². The summed E-state index contributed by atoms with van der Waals surface area (Å²) in [5.41, 5.74) is 1.73. The molecule has 7 nitrogen and oxygen atoms in total. The van der Waals surface area contributed by atoms with Crippen LogP contribution in [0.2, 0.25) is 0 Å². The summed E-state index contributed by atoms with van der Waals surface area (Å²) in [6, 6.07) is 1.59. The molecule has 3 rings (SSSR count). The van der Waals surface area contributed by atoms with Crippen molar-refractivity contribution in [3.63, 3.8) is 0 Å². The number of aromatic amines is 2. The zero-order valence-electron chi connectivity index (χ0n) is 10.9. The van der Waals surface area contributed by atoms with E-state index >= 15 is 0 Å². The van der Waals surface area contributed by atoms with Gasteiger partial charge >= 0.3 is 0 Å². The quantitative estimate of drug-likeness (QED) is 0.684. The smallest absolute Gasteiger partial charge is 0.272 e. The maximum atomic E-state index is 12.1. The van der Waals surface area contributed by atoms with Crippen LogP contribution in [0.15, 0.2) is 23.5 Å². The Morgan fingerprint density at radius 3 is 2.68 bits per heavy atom. The molecule has 0 aliphatic carbocycles. The summed E-state index contributed by atoms with van der Waals surface area (Å²) in [5, 5.41) is 3.09. The minimum atomic E-state index is -0.153. The Morgan fingerprint density at radius 2 is 2.00 bits per heavy atom. The normalized spacial score (nSPS) is 12.2. The molecule has 0 aromatic carbocycles. The lowest BCUT2D eigenvalue weighted by molar-refractivity contribution is 0.559. The lowest BCUT2D eigenvalue weighted by atomic mass is 9.93. The van der Waals surface area contributed by atoms with Gasteiger partial charge in [-0.2, -0.15) is 4.68 Å². The molecule has 0 fully saturated rings. The van der Waals surface area contributed by atoms with Crippen LogP contribution in [0.25, 0.3) is 17.0 Å². The monoisotopic (exact) mass is 258 g/mol. The summed E-state index contributed by atoms with van der Waals surface area (Å²) >= 11 is 0. The lowest BCUT2D eigenvalue weighted by Gasteiger charge is -2.15. The molecule has 0 bridgehead atoms. The van der Waals surface area contributed by atoms with E-state index in [2.05, 4.69) is 25.0 Å². The van der Waals surface area contributed by atoms with Crippen molar-refractivity contribution in [3.8, 4) is 5.82 Å². The van der Waals surface area contributed by atoms with Gasteiger partial charge in [-0.15, -0.1) is 0 Å². The van der Waals surface area contributed by atoms with Crippen LogP contribution in [0.4, 0.5) is 0 Å². The van der Waals surface area contributed by atoms with E-state index in [1.807, 2.05) is 20.8 Å². The number of H-pyrrole nitrogens is 2. The Hall–Kier alpha value is -2.44. The topological polar surface area (TPSA) is 92.2 Å². The number of hydrogen-bond acceptors (Lipinski definition) is 4. The molecule has 3 aromatic rings. The maximum absolute atomic E-state index is 12.1. The molecule has 0 spiro atoms. The number of aromatic nitrogens is 6. The van der Waals surface area contributed by atoms with E-state index in [1.54, 1.807) is 6.07 Å². The van der Waals surface area contributed by atoms with Crippen LogP contribution in [-0.2, 0) is 5.41 Å². The van der Waals surface area contributed by atoms with E-state index in [4.69, 9.17) is 0 Å². The van der Waals surface area contributed by atoms with Gasteiger partial charge < -0.3 is 4.98 Å². The van der Waals surface area contributed by atoms with E-state index in [9.17, 15) is 4.79 Å². The minimum absolute atomic E-state index is 0.134. The second-order valence-electron chi connectivity index (χ2n) is 5.39. The van der Waals surface area contributed by atoms with Gasteiger partial charge in [0.05, 0.1) is 6.33 Å². The number of imidazole rings is 1. The molecule has 7 heteroatoms. The molecule has 0 saturated carbocycles. The average Bonchev–Trinajstić information content (AvgIpc) is 2.93. The predicted molar refractivity (Wildman–Crippen MR) is 70.3 cm³/mol. The van der Waals surface area contributed by atoms with Gasteiger partial charge in [0.1, 0.15) is 11.8 Å². The third kappa shape index (κ3) is 1.83. The Kier molecular flexibility index (Phi) is 2.31. The molecule has 0 aliphatic heterocycles. The fourth-order valence-electron chi connectivity index (χ4n) is 1.86. The van der Waals surface area contributed by atoms with Crippen LogP contribution in [0.3, 0.4) is 0 Å². The van der Waals surface area contributed by atoms with Gasteiger partial charge in [-0.3, -0.25) is 9.89 Å². The van der Waals surface area contributed by atoms with Gasteiger partial charge in [-0.05, 0) is 0 Å². The Labute approximate surface area is 108 Å². The molecular formula is C12H14N6O. The van der Waals surface area contributed by atoms with E-state index < -0.39 is 0 Å². The molecule has 19 heavy (non-hydrogen) atoms. The number of nitrogens with one attached hydrogen (secondary N) is 2. The van der Waals surface area contributed by atoms with Crippen molar-refractivity contribution < 1.29 is 0 Å². The fourth-order valence-corrected chi connectivity index (χ4v) is 1.86. The van der Waals surface area contributed by atoms with Crippen molar-refractivity contribution in [2.75, 3.05) is 0 Å². The van der Waals surface area contributed by atoms with E-state index in [-0.39, 0.29) is 11.0 Å². The van der Waals surface area contributed by atoms with Gasteiger partial charge in [0.2, 0.25) is 0 Å². The number of rotatable bonds is 1. The van der Waals surface area contributed by atoms with E-state index in [0.29, 0.717) is 17.0 Å². The highest BCUT2D eigenvalue weighted by Gasteiger charge is 2.19. The average molecular weight is 258 g/mol. The highest BCUT2D eigenvalue weighted by Crippen LogP contribution is 2.19. The Balaban J connectivity index is 2.25. The van der Waals surface area contributed by atoms with Crippen LogP contribution in [0.1, 0.15) is 26.5 Å². The second-order valence-corrected chi connectivity index (χ2v) is 5.39. The summed E-state index contributed by atoms with van der Waals surface area (Å²) in [7, 11) is 0. The highest BCUT2D eigenvalue weighted by atomic mass is 16.1. The number of nitrogens with zero attached hydrogens (tertiary/aromatic N) is 4. The van der Waals surface area contributed by atoms with Gasteiger partial charge in [-0.1, -0.05) is 20.8 Å². The number of hydrogen-bond donors (Lipinski definition) is 2. The summed E-state index contributed by atoms with van der Waals surface area (Å²) in [6.45, 7) is 6.11. The van der Waals surface area contributed by atoms with Crippen LogP contribution in [-0.4, -0.2) is 29.7 Å². The SMILES string of the molecule is CC(C)(C)c1cc(=O)n(-c2ncnc3nc[nH]c23)[nH]1.